The van der Waals surface area contributed by atoms with Crippen molar-refractivity contribution in [3.63, 3.8) is 0 Å². The predicted molar refractivity (Wildman–Crippen MR) is 183 cm³/mol. The van der Waals surface area contributed by atoms with Gasteiger partial charge in [-0.05, 0) is 36.6 Å². The Morgan fingerprint density at radius 2 is 1.37 bits per heavy atom. The fourth-order valence-corrected chi connectivity index (χ4v) is 6.47. The molecule has 0 fully saturated rings. The van der Waals surface area contributed by atoms with Crippen LogP contribution in [-0.4, -0.2) is 44.7 Å². The molecule has 43 heavy (non-hydrogen) atoms. The molecule has 5 nitrogen and oxygen atoms in total. The van der Waals surface area contributed by atoms with Crippen molar-refractivity contribution in [1.29, 1.82) is 0 Å². The van der Waals surface area contributed by atoms with Gasteiger partial charge in [0.05, 0.1) is 32.6 Å². The predicted octanol–water partition coefficient (Wildman–Crippen LogP) is 9.96. The molecular weight excluding hydrogens is 532 g/mol. The zero-order valence-electron chi connectivity index (χ0n) is 28.2. The molecule has 0 aliphatic carbocycles. The molecule has 0 saturated heterocycles. The van der Waals surface area contributed by atoms with Crippen molar-refractivity contribution in [3.8, 4) is 17.2 Å². The van der Waals surface area contributed by atoms with Gasteiger partial charge in [0.15, 0.2) is 23.8 Å². The molecule has 1 aliphatic heterocycles. The molecule has 0 spiro atoms. The number of nitrogens with one attached hydrogen (secondary N) is 1. The molecule has 2 aromatic carbocycles. The van der Waals surface area contributed by atoms with Crippen LogP contribution in [0.3, 0.4) is 0 Å². The molecule has 0 unspecified atom stereocenters. The molecule has 0 radical (unpaired) electrons. The Kier molecular flexibility index (Phi) is 16.4. The quantitative estimate of drug-likeness (QED) is 0.103. The van der Waals surface area contributed by atoms with Crippen LogP contribution in [0.2, 0.25) is 0 Å². The average molecular weight is 594 g/mol. The lowest BCUT2D eigenvalue weighted by Gasteiger charge is -2.25. The molecule has 0 bridgehead atoms. The summed E-state index contributed by atoms with van der Waals surface area (Å²) in [6, 6.07) is 10.8. The van der Waals surface area contributed by atoms with Crippen LogP contribution in [0.4, 0.5) is 5.69 Å². The lowest BCUT2D eigenvalue weighted by atomic mass is 9.90. The molecular formula is C38H61N2O3+. The highest BCUT2D eigenvalue weighted by atomic mass is 16.5. The lowest BCUT2D eigenvalue weighted by molar-refractivity contribution is -0.545. The summed E-state index contributed by atoms with van der Waals surface area (Å²) in [5.74, 6) is 2.58. The second kappa shape index (κ2) is 20.3. The van der Waals surface area contributed by atoms with Crippen molar-refractivity contribution < 1.29 is 18.8 Å². The number of ether oxygens (including phenoxy) is 3. The molecule has 0 saturated carbocycles. The summed E-state index contributed by atoms with van der Waals surface area (Å²) in [5, 5.41) is 3.81. The monoisotopic (exact) mass is 593 g/mol. The third kappa shape index (κ3) is 11.1. The van der Waals surface area contributed by atoms with Crippen LogP contribution in [-0.2, 0) is 13.0 Å². The van der Waals surface area contributed by atoms with Gasteiger partial charge in [-0.3, -0.25) is 0 Å². The fraction of sp³-hybridized carbons (Fsp3) is 0.658. The van der Waals surface area contributed by atoms with Crippen molar-refractivity contribution in [2.75, 3.05) is 39.7 Å². The van der Waals surface area contributed by atoms with E-state index >= 15 is 0 Å². The van der Waals surface area contributed by atoms with Crippen LogP contribution in [0.5, 0.6) is 17.2 Å². The van der Waals surface area contributed by atoms with Crippen molar-refractivity contribution in [1.82, 2.24) is 0 Å². The van der Waals surface area contributed by atoms with E-state index in [9.17, 15) is 0 Å². The molecule has 1 aliphatic rings. The van der Waals surface area contributed by atoms with E-state index in [4.69, 9.17) is 14.2 Å². The summed E-state index contributed by atoms with van der Waals surface area (Å²) < 4.78 is 20.0. The summed E-state index contributed by atoms with van der Waals surface area (Å²) in [6.45, 7) is 7.41. The van der Waals surface area contributed by atoms with Gasteiger partial charge in [0.25, 0.3) is 0 Å². The second-order valence-corrected chi connectivity index (χ2v) is 12.3. The summed E-state index contributed by atoms with van der Waals surface area (Å²) >= 11 is 0. The van der Waals surface area contributed by atoms with Crippen molar-refractivity contribution in [2.45, 2.75) is 130 Å². The molecule has 3 rings (SSSR count). The van der Waals surface area contributed by atoms with Crippen LogP contribution >= 0.6 is 0 Å². The summed E-state index contributed by atoms with van der Waals surface area (Å²) in [6.07, 6.45) is 21.9. The van der Waals surface area contributed by atoms with Crippen LogP contribution in [0, 0.1) is 0 Å². The largest absolute Gasteiger partial charge is 0.497 e. The fourth-order valence-electron chi connectivity index (χ4n) is 6.47. The third-order valence-corrected chi connectivity index (χ3v) is 8.96. The molecule has 0 amide bonds. The van der Waals surface area contributed by atoms with Gasteiger partial charge in [-0.2, -0.15) is 0 Å². The topological polar surface area (TPSA) is 42.7 Å². The van der Waals surface area contributed by atoms with Crippen LogP contribution < -0.4 is 19.5 Å². The first-order valence-corrected chi connectivity index (χ1v) is 17.4. The zero-order valence-corrected chi connectivity index (χ0v) is 28.2. The van der Waals surface area contributed by atoms with Crippen molar-refractivity contribution >= 4 is 11.4 Å². The highest BCUT2D eigenvalue weighted by Gasteiger charge is 2.31. The Morgan fingerprint density at radius 1 is 0.721 bits per heavy atom. The maximum absolute atomic E-state index is 5.96. The van der Waals surface area contributed by atoms with Gasteiger partial charge < -0.3 is 19.5 Å². The van der Waals surface area contributed by atoms with Gasteiger partial charge in [0.2, 0.25) is 0 Å². The zero-order chi connectivity index (χ0) is 30.7. The summed E-state index contributed by atoms with van der Waals surface area (Å²) in [5.41, 5.74) is 6.58. The Labute approximate surface area is 263 Å². The Morgan fingerprint density at radius 3 is 2.00 bits per heavy atom. The number of hydrogen-bond acceptors (Lipinski definition) is 4. The molecule has 0 aromatic heterocycles. The standard InChI is InChI=1S/C38H61N2O3/c1-6-8-10-12-14-15-16-17-19-24-35-34-29-36(42-4)38(43-5)37(39-26-20-18-13-11-9-7-2)33(34)25-27-40(35)30-31-22-21-23-32(28-31)41-3/h21-23,28-29,39H,6-20,24-27,30H2,1-5H3/q+1. The maximum atomic E-state index is 5.96. The second-order valence-electron chi connectivity index (χ2n) is 12.3. The minimum Gasteiger partial charge on any atom is -0.497 e. The number of hydrogen-bond donors (Lipinski definition) is 1. The van der Waals surface area contributed by atoms with Gasteiger partial charge >= 0.3 is 0 Å². The lowest BCUT2D eigenvalue weighted by Crippen LogP contribution is -2.31. The van der Waals surface area contributed by atoms with E-state index in [1.807, 2.05) is 6.07 Å². The molecule has 0 atom stereocenters. The molecule has 5 heteroatoms. The number of nitrogens with zero attached hydrogens (tertiary/aromatic N) is 1. The number of benzene rings is 2. The number of methoxy groups -OCH3 is 3. The van der Waals surface area contributed by atoms with Crippen LogP contribution in [0.1, 0.15) is 133 Å². The molecule has 240 valence electrons. The average Bonchev–Trinajstić information content (AvgIpc) is 3.03. The van der Waals surface area contributed by atoms with Crippen molar-refractivity contribution in [2.24, 2.45) is 0 Å². The summed E-state index contributed by atoms with van der Waals surface area (Å²) in [7, 11) is 5.28. The van der Waals surface area contributed by atoms with Crippen LogP contribution in [0.25, 0.3) is 0 Å². The number of fused-ring (bicyclic) bond motifs is 1. The van der Waals surface area contributed by atoms with E-state index < -0.39 is 0 Å². The number of rotatable bonds is 23. The van der Waals surface area contributed by atoms with Gasteiger partial charge in [-0.15, -0.1) is 0 Å². The maximum Gasteiger partial charge on any atom is 0.184 e. The SMILES string of the molecule is CCCCCCCCCCCC1=[N+](Cc2cccc(OC)c2)CCc2c1cc(OC)c(OC)c2NCCCCCCCC. The van der Waals surface area contributed by atoms with Gasteiger partial charge in [0.1, 0.15) is 12.3 Å². The van der Waals surface area contributed by atoms with E-state index in [-0.39, 0.29) is 0 Å². The normalized spacial score (nSPS) is 12.8. The molecule has 1 heterocycles. The third-order valence-electron chi connectivity index (χ3n) is 8.96. The summed E-state index contributed by atoms with van der Waals surface area (Å²) in [4.78, 5) is 0. The molecule has 2 aromatic rings. The first kappa shape index (κ1) is 34.8. The van der Waals surface area contributed by atoms with Crippen molar-refractivity contribution in [3.05, 3.63) is 47.0 Å². The highest BCUT2D eigenvalue weighted by molar-refractivity contribution is 6.01. The van der Waals surface area contributed by atoms with Crippen LogP contribution in [0.15, 0.2) is 30.3 Å². The van der Waals surface area contributed by atoms with Gasteiger partial charge in [-0.25, -0.2) is 4.58 Å². The number of anilines is 1. The van der Waals surface area contributed by atoms with E-state index in [0.717, 1.165) is 55.4 Å². The van der Waals surface area contributed by atoms with Gasteiger partial charge in [-0.1, -0.05) is 109 Å². The number of unbranched alkanes of at least 4 members (excludes halogenated alkanes) is 13. The van der Waals surface area contributed by atoms with E-state index in [1.165, 1.54) is 119 Å². The van der Waals surface area contributed by atoms with E-state index in [0.29, 0.717) is 0 Å². The smallest absolute Gasteiger partial charge is 0.184 e. The minimum atomic E-state index is 0.819. The molecule has 1 N–H and O–H groups in total. The first-order valence-electron chi connectivity index (χ1n) is 17.4. The Hall–Kier alpha value is -2.69. The Bertz CT molecular complexity index is 1110. The van der Waals surface area contributed by atoms with Gasteiger partial charge in [0, 0.05) is 24.9 Å². The van der Waals surface area contributed by atoms with E-state index in [2.05, 4.69) is 48.0 Å². The minimum absolute atomic E-state index is 0.819. The highest BCUT2D eigenvalue weighted by Crippen LogP contribution is 2.42. The van der Waals surface area contributed by atoms with E-state index in [1.54, 1.807) is 21.3 Å². The first-order chi connectivity index (χ1) is 21.2. The Balaban J connectivity index is 1.82.